The maximum Gasteiger partial charge on any atom is 0.351 e. The number of carbonyl (C=O) groups excluding carboxylic acids is 1. The van der Waals surface area contributed by atoms with Gasteiger partial charge in [-0.2, -0.15) is 4.98 Å². The summed E-state index contributed by atoms with van der Waals surface area (Å²) in [5.74, 6) is -0.0582. The summed E-state index contributed by atoms with van der Waals surface area (Å²) in [6.07, 6.45) is 3.20. The van der Waals surface area contributed by atoms with Crippen LogP contribution in [-0.2, 0) is 4.74 Å². The molecule has 3 rings (SSSR count). The van der Waals surface area contributed by atoms with Crippen molar-refractivity contribution in [2.24, 2.45) is 0 Å². The van der Waals surface area contributed by atoms with Gasteiger partial charge in [0.2, 0.25) is 0 Å². The Morgan fingerprint density at radius 1 is 1.27 bits per heavy atom. The van der Waals surface area contributed by atoms with Crippen LogP contribution in [-0.4, -0.2) is 21.6 Å². The molecule has 6 nitrogen and oxygen atoms in total. The molecule has 1 aliphatic heterocycles. The van der Waals surface area contributed by atoms with Gasteiger partial charge in [-0.15, -0.1) is 0 Å². The van der Waals surface area contributed by atoms with Gasteiger partial charge in [-0.05, 0) is 38.0 Å². The molecular formula is C16H17N3O3. The van der Waals surface area contributed by atoms with E-state index in [1.165, 1.54) is 4.57 Å². The molecule has 0 saturated carbocycles. The number of aromatic nitrogens is 2. The Morgan fingerprint density at radius 2 is 2.05 bits per heavy atom. The number of nitrogens with zero attached hydrogens (tertiary/aromatic N) is 2. The standard InChI is InChI=1S/C16H17N3O3/c1-11-7-8-14(22-11)19-10-9-13(18-16(19)21)17-15(20)12-5-3-2-4-6-12/h2-6,9-11,14H,7-8H2,1H3,(H,17,18,20,21). The number of anilines is 1. The molecule has 1 fully saturated rings. The predicted octanol–water partition coefficient (Wildman–Crippen LogP) is 2.19. The van der Waals surface area contributed by atoms with Crippen molar-refractivity contribution in [1.29, 1.82) is 0 Å². The summed E-state index contributed by atoms with van der Waals surface area (Å²) in [6, 6.07) is 10.4. The Morgan fingerprint density at radius 3 is 2.68 bits per heavy atom. The second-order valence-electron chi connectivity index (χ2n) is 5.30. The van der Waals surface area contributed by atoms with E-state index in [0.29, 0.717) is 5.56 Å². The molecule has 1 aliphatic rings. The topological polar surface area (TPSA) is 73.2 Å². The van der Waals surface area contributed by atoms with E-state index in [9.17, 15) is 9.59 Å². The first kappa shape index (κ1) is 14.5. The van der Waals surface area contributed by atoms with E-state index in [1.54, 1.807) is 36.5 Å². The van der Waals surface area contributed by atoms with Gasteiger partial charge in [0.25, 0.3) is 5.91 Å². The number of benzene rings is 1. The summed E-state index contributed by atoms with van der Waals surface area (Å²) < 4.78 is 7.11. The van der Waals surface area contributed by atoms with Crippen molar-refractivity contribution < 1.29 is 9.53 Å². The molecule has 1 N–H and O–H groups in total. The SMILES string of the molecule is CC1CCC(n2ccc(NC(=O)c3ccccc3)nc2=O)O1. The number of hydrogen-bond acceptors (Lipinski definition) is 4. The van der Waals surface area contributed by atoms with Crippen LogP contribution in [0.3, 0.4) is 0 Å². The van der Waals surface area contributed by atoms with Crippen LogP contribution in [0.1, 0.15) is 36.4 Å². The van der Waals surface area contributed by atoms with Gasteiger partial charge in [0.1, 0.15) is 12.0 Å². The Hall–Kier alpha value is -2.47. The van der Waals surface area contributed by atoms with Crippen molar-refractivity contribution in [3.8, 4) is 0 Å². The zero-order valence-electron chi connectivity index (χ0n) is 12.2. The lowest BCUT2D eigenvalue weighted by Gasteiger charge is -2.14. The van der Waals surface area contributed by atoms with E-state index < -0.39 is 5.69 Å². The van der Waals surface area contributed by atoms with E-state index in [2.05, 4.69) is 10.3 Å². The number of nitrogens with one attached hydrogen (secondary N) is 1. The molecule has 2 aromatic rings. The third-order valence-corrected chi connectivity index (χ3v) is 3.63. The van der Waals surface area contributed by atoms with Gasteiger partial charge in [0.15, 0.2) is 0 Å². The lowest BCUT2D eigenvalue weighted by atomic mass is 10.2. The molecule has 2 unspecified atom stereocenters. The van der Waals surface area contributed by atoms with Crippen LogP contribution in [0.4, 0.5) is 5.82 Å². The number of amides is 1. The molecule has 1 amide bonds. The van der Waals surface area contributed by atoms with Crippen molar-refractivity contribution in [2.45, 2.75) is 32.1 Å². The maximum atomic E-state index is 12.1. The van der Waals surface area contributed by atoms with Crippen LogP contribution in [0.15, 0.2) is 47.4 Å². The van der Waals surface area contributed by atoms with Crippen LogP contribution in [0.25, 0.3) is 0 Å². The highest BCUT2D eigenvalue weighted by Gasteiger charge is 2.24. The number of hydrogen-bond donors (Lipinski definition) is 1. The van der Waals surface area contributed by atoms with Gasteiger partial charge in [-0.1, -0.05) is 18.2 Å². The van der Waals surface area contributed by atoms with E-state index in [1.807, 2.05) is 13.0 Å². The van der Waals surface area contributed by atoms with Crippen molar-refractivity contribution in [2.75, 3.05) is 5.32 Å². The quantitative estimate of drug-likeness (QED) is 0.943. The number of ether oxygens (including phenoxy) is 1. The highest BCUT2D eigenvalue weighted by molar-refractivity contribution is 6.03. The Kier molecular flexibility index (Phi) is 4.02. The van der Waals surface area contributed by atoms with E-state index in [0.717, 1.165) is 12.8 Å². The molecule has 0 spiro atoms. The van der Waals surface area contributed by atoms with Crippen molar-refractivity contribution >= 4 is 11.7 Å². The Labute approximate surface area is 127 Å². The van der Waals surface area contributed by atoms with Crippen LogP contribution in [0.2, 0.25) is 0 Å². The largest absolute Gasteiger partial charge is 0.355 e. The molecule has 1 aromatic carbocycles. The maximum absolute atomic E-state index is 12.1. The minimum absolute atomic E-state index is 0.148. The summed E-state index contributed by atoms with van der Waals surface area (Å²) >= 11 is 0. The van der Waals surface area contributed by atoms with Crippen LogP contribution in [0, 0.1) is 0 Å². The summed E-state index contributed by atoms with van der Waals surface area (Å²) in [7, 11) is 0. The molecule has 1 aromatic heterocycles. The molecule has 0 aliphatic carbocycles. The lowest BCUT2D eigenvalue weighted by Crippen LogP contribution is -2.28. The van der Waals surface area contributed by atoms with Crippen LogP contribution >= 0.6 is 0 Å². The average Bonchev–Trinajstić information content (AvgIpc) is 2.94. The minimum Gasteiger partial charge on any atom is -0.355 e. The van der Waals surface area contributed by atoms with E-state index in [4.69, 9.17) is 4.74 Å². The molecule has 2 atom stereocenters. The summed E-state index contributed by atoms with van der Waals surface area (Å²) in [5, 5.41) is 2.62. The second-order valence-corrected chi connectivity index (χ2v) is 5.30. The van der Waals surface area contributed by atoms with E-state index in [-0.39, 0.29) is 24.1 Å². The van der Waals surface area contributed by atoms with Crippen LogP contribution in [0.5, 0.6) is 0 Å². The number of carbonyl (C=O) groups is 1. The highest BCUT2D eigenvalue weighted by Crippen LogP contribution is 2.26. The zero-order valence-corrected chi connectivity index (χ0v) is 12.2. The molecular weight excluding hydrogens is 282 g/mol. The fraction of sp³-hybridized carbons (Fsp3) is 0.312. The molecule has 2 heterocycles. The van der Waals surface area contributed by atoms with Gasteiger partial charge >= 0.3 is 5.69 Å². The summed E-state index contributed by atoms with van der Waals surface area (Å²) in [5.41, 5.74) is 0.0893. The third-order valence-electron chi connectivity index (χ3n) is 3.63. The van der Waals surface area contributed by atoms with Gasteiger partial charge < -0.3 is 10.1 Å². The highest BCUT2D eigenvalue weighted by atomic mass is 16.5. The van der Waals surface area contributed by atoms with E-state index >= 15 is 0 Å². The normalized spacial score (nSPS) is 20.8. The zero-order chi connectivity index (χ0) is 15.5. The average molecular weight is 299 g/mol. The Balaban J connectivity index is 1.75. The third kappa shape index (κ3) is 3.07. The van der Waals surface area contributed by atoms with Crippen molar-refractivity contribution in [1.82, 2.24) is 9.55 Å². The van der Waals surface area contributed by atoms with Gasteiger partial charge in [0.05, 0.1) is 6.10 Å². The van der Waals surface area contributed by atoms with Gasteiger partial charge in [-0.25, -0.2) is 4.79 Å². The molecule has 114 valence electrons. The summed E-state index contributed by atoms with van der Waals surface area (Å²) in [4.78, 5) is 28.0. The smallest absolute Gasteiger partial charge is 0.351 e. The van der Waals surface area contributed by atoms with Crippen molar-refractivity contribution in [3.05, 3.63) is 58.6 Å². The molecule has 1 saturated heterocycles. The predicted molar refractivity (Wildman–Crippen MR) is 81.7 cm³/mol. The van der Waals surface area contributed by atoms with Gasteiger partial charge in [-0.3, -0.25) is 9.36 Å². The fourth-order valence-electron chi connectivity index (χ4n) is 2.47. The second kappa shape index (κ2) is 6.11. The molecule has 0 radical (unpaired) electrons. The molecule has 6 heteroatoms. The first-order chi connectivity index (χ1) is 10.6. The fourth-order valence-corrected chi connectivity index (χ4v) is 2.47. The molecule has 0 bridgehead atoms. The lowest BCUT2D eigenvalue weighted by molar-refractivity contribution is 0.00805. The summed E-state index contributed by atoms with van der Waals surface area (Å²) in [6.45, 7) is 1.98. The first-order valence-corrected chi connectivity index (χ1v) is 7.24. The monoisotopic (exact) mass is 299 g/mol. The Bertz CT molecular complexity index is 727. The minimum atomic E-state index is -0.426. The van der Waals surface area contributed by atoms with Crippen molar-refractivity contribution in [3.63, 3.8) is 0 Å². The van der Waals surface area contributed by atoms with Gasteiger partial charge in [0, 0.05) is 11.8 Å². The van der Waals surface area contributed by atoms with Crippen LogP contribution < -0.4 is 11.0 Å². The number of rotatable bonds is 3. The first-order valence-electron chi connectivity index (χ1n) is 7.24. The molecule has 22 heavy (non-hydrogen) atoms.